The van der Waals surface area contributed by atoms with Crippen LogP contribution in [0.2, 0.25) is 0 Å². The highest BCUT2D eigenvalue weighted by atomic mass is 32.2. The van der Waals surface area contributed by atoms with Crippen LogP contribution in [0.5, 0.6) is 0 Å². The fraction of sp³-hybridized carbons (Fsp3) is 0.789. The topological polar surface area (TPSA) is 0 Å². The van der Waals surface area contributed by atoms with E-state index >= 15 is 0 Å². The van der Waals surface area contributed by atoms with Gasteiger partial charge >= 0.3 is 0 Å². The van der Waals surface area contributed by atoms with Gasteiger partial charge in [-0.2, -0.15) is 11.8 Å². The van der Waals surface area contributed by atoms with Gasteiger partial charge in [0.1, 0.15) is 0 Å². The minimum atomic E-state index is 0.387. The quantitative estimate of drug-likeness (QED) is 0.385. The number of hydrogen-bond donors (Lipinski definition) is 0. The molecular formula is C19H34S. The molecule has 0 saturated carbocycles. The van der Waals surface area contributed by atoms with Crippen LogP contribution < -0.4 is 0 Å². The molecule has 0 bridgehead atoms. The molecular weight excluding hydrogens is 260 g/mol. The van der Waals surface area contributed by atoms with Crippen LogP contribution in [0.3, 0.4) is 0 Å². The van der Waals surface area contributed by atoms with Crippen LogP contribution in [-0.2, 0) is 0 Å². The van der Waals surface area contributed by atoms with Crippen molar-refractivity contribution in [3.63, 3.8) is 0 Å². The van der Waals surface area contributed by atoms with E-state index in [9.17, 15) is 0 Å². The Bertz CT molecular complexity index is 292. The fourth-order valence-electron chi connectivity index (χ4n) is 2.99. The van der Waals surface area contributed by atoms with Crippen LogP contribution in [0.15, 0.2) is 24.3 Å². The van der Waals surface area contributed by atoms with Gasteiger partial charge in [0.15, 0.2) is 0 Å². The summed E-state index contributed by atoms with van der Waals surface area (Å²) >= 11 is 2.17. The zero-order valence-corrected chi connectivity index (χ0v) is 14.7. The smallest absolute Gasteiger partial charge is 0.00270 e. The minimum absolute atomic E-state index is 0.387. The van der Waals surface area contributed by atoms with Crippen molar-refractivity contribution in [2.24, 2.45) is 11.3 Å². The fourth-order valence-corrected chi connectivity index (χ4v) is 4.29. The van der Waals surface area contributed by atoms with Crippen molar-refractivity contribution in [2.75, 3.05) is 11.5 Å². The molecule has 0 fully saturated rings. The van der Waals surface area contributed by atoms with Gasteiger partial charge < -0.3 is 0 Å². The molecule has 0 spiro atoms. The Kier molecular flexibility index (Phi) is 9.42. The number of unbranched alkanes of at least 4 members (excludes halogenated alkanes) is 5. The van der Waals surface area contributed by atoms with Crippen LogP contribution in [0.25, 0.3) is 0 Å². The van der Waals surface area contributed by atoms with E-state index in [2.05, 4.69) is 56.8 Å². The average molecular weight is 295 g/mol. The Labute approximate surface area is 131 Å². The minimum Gasteiger partial charge on any atom is -0.161 e. The zero-order valence-electron chi connectivity index (χ0n) is 13.9. The molecule has 1 aliphatic carbocycles. The molecule has 0 nitrogen and oxygen atoms in total. The summed E-state index contributed by atoms with van der Waals surface area (Å²) in [5, 5.41) is 0. The summed E-state index contributed by atoms with van der Waals surface area (Å²) in [5.41, 5.74) is 0.387. The number of hydrogen-bond acceptors (Lipinski definition) is 1. The first kappa shape index (κ1) is 17.9. The summed E-state index contributed by atoms with van der Waals surface area (Å²) in [6.07, 6.45) is 20.5. The van der Waals surface area contributed by atoms with Gasteiger partial charge in [0.25, 0.3) is 0 Å². The normalized spacial score (nSPS) is 25.2. The van der Waals surface area contributed by atoms with E-state index < -0.39 is 0 Å². The summed E-state index contributed by atoms with van der Waals surface area (Å²) < 4.78 is 0. The molecule has 1 heteroatoms. The number of thioether (sulfide) groups is 1. The molecule has 2 unspecified atom stereocenters. The van der Waals surface area contributed by atoms with E-state index in [1.54, 1.807) is 0 Å². The molecule has 0 aromatic heterocycles. The van der Waals surface area contributed by atoms with Crippen molar-refractivity contribution in [3.05, 3.63) is 24.3 Å². The van der Waals surface area contributed by atoms with E-state index in [0.717, 1.165) is 5.92 Å². The first-order valence-electron chi connectivity index (χ1n) is 8.66. The van der Waals surface area contributed by atoms with Crippen LogP contribution in [0.4, 0.5) is 0 Å². The van der Waals surface area contributed by atoms with Crippen LogP contribution in [-0.4, -0.2) is 11.5 Å². The first-order valence-corrected chi connectivity index (χ1v) is 9.82. The van der Waals surface area contributed by atoms with Gasteiger partial charge in [-0.15, -0.1) is 0 Å². The van der Waals surface area contributed by atoms with Crippen LogP contribution in [0.1, 0.15) is 72.1 Å². The Balaban J connectivity index is 2.16. The maximum absolute atomic E-state index is 2.45. The van der Waals surface area contributed by atoms with E-state index in [4.69, 9.17) is 0 Å². The Hall–Kier alpha value is -0.170. The average Bonchev–Trinajstić information content (AvgIpc) is 2.45. The second-order valence-electron chi connectivity index (χ2n) is 6.47. The van der Waals surface area contributed by atoms with Crippen molar-refractivity contribution in [1.82, 2.24) is 0 Å². The molecule has 0 aliphatic heterocycles. The number of rotatable bonds is 11. The van der Waals surface area contributed by atoms with Crippen molar-refractivity contribution < 1.29 is 0 Å². The molecule has 0 heterocycles. The highest BCUT2D eigenvalue weighted by Gasteiger charge is 2.30. The monoisotopic (exact) mass is 294 g/mol. The van der Waals surface area contributed by atoms with Crippen LogP contribution in [0, 0.1) is 11.3 Å². The predicted octanol–water partition coefficient (Wildman–Crippen LogP) is 6.63. The maximum atomic E-state index is 2.45. The van der Waals surface area contributed by atoms with Crippen molar-refractivity contribution in [2.45, 2.75) is 72.1 Å². The highest BCUT2D eigenvalue weighted by molar-refractivity contribution is 7.99. The zero-order chi connectivity index (χ0) is 14.7. The number of allylic oxidation sites excluding steroid dienone is 4. The molecule has 20 heavy (non-hydrogen) atoms. The molecule has 1 aliphatic rings. The van der Waals surface area contributed by atoms with Gasteiger partial charge in [-0.1, -0.05) is 83.6 Å². The van der Waals surface area contributed by atoms with Crippen molar-refractivity contribution >= 4 is 11.8 Å². The van der Waals surface area contributed by atoms with Gasteiger partial charge in [0.2, 0.25) is 0 Å². The first-order chi connectivity index (χ1) is 9.73. The van der Waals surface area contributed by atoms with Crippen LogP contribution >= 0.6 is 11.8 Å². The Morgan fingerprint density at radius 3 is 2.45 bits per heavy atom. The molecule has 0 radical (unpaired) electrons. The largest absolute Gasteiger partial charge is 0.161 e. The molecule has 0 aromatic rings. The standard InChI is InChI=1S/C19H34S/c1-4-6-7-8-9-12-16-20-17-19(3)15-11-10-14-18(19)13-5-2/h10-11,14-15,18H,4-9,12-13,16-17H2,1-3H3. The molecule has 1 rings (SSSR count). The van der Waals surface area contributed by atoms with E-state index in [-0.39, 0.29) is 0 Å². The highest BCUT2D eigenvalue weighted by Crippen LogP contribution is 2.39. The summed E-state index contributed by atoms with van der Waals surface area (Å²) in [5.74, 6) is 3.38. The Morgan fingerprint density at radius 1 is 0.950 bits per heavy atom. The van der Waals surface area contributed by atoms with Gasteiger partial charge in [-0.3, -0.25) is 0 Å². The second kappa shape index (κ2) is 10.5. The lowest BCUT2D eigenvalue weighted by Gasteiger charge is -2.35. The van der Waals surface area contributed by atoms with Gasteiger partial charge in [0, 0.05) is 11.2 Å². The molecule has 2 atom stereocenters. The lowest BCUT2D eigenvalue weighted by atomic mass is 9.74. The van der Waals surface area contributed by atoms with Gasteiger partial charge in [-0.25, -0.2) is 0 Å². The summed E-state index contributed by atoms with van der Waals surface area (Å²) in [7, 11) is 0. The van der Waals surface area contributed by atoms with E-state index in [1.807, 2.05) is 0 Å². The SMILES string of the molecule is CCCCCCCCSCC1(C)C=CC=CC1CCC. The summed E-state index contributed by atoms with van der Waals surface area (Å²) in [4.78, 5) is 0. The predicted molar refractivity (Wildman–Crippen MR) is 95.5 cm³/mol. The molecule has 0 amide bonds. The third-order valence-corrected chi connectivity index (χ3v) is 5.84. The van der Waals surface area contributed by atoms with Crippen molar-refractivity contribution in [1.29, 1.82) is 0 Å². The molecule has 0 N–H and O–H groups in total. The van der Waals surface area contributed by atoms with Crippen molar-refractivity contribution in [3.8, 4) is 0 Å². The summed E-state index contributed by atoms with van der Waals surface area (Å²) in [6, 6.07) is 0. The third-order valence-electron chi connectivity index (χ3n) is 4.43. The van der Waals surface area contributed by atoms with Gasteiger partial charge in [0.05, 0.1) is 0 Å². The van der Waals surface area contributed by atoms with E-state index in [0.29, 0.717) is 5.41 Å². The Morgan fingerprint density at radius 2 is 1.70 bits per heavy atom. The second-order valence-corrected chi connectivity index (χ2v) is 7.57. The molecule has 116 valence electrons. The third kappa shape index (κ3) is 6.52. The summed E-state index contributed by atoms with van der Waals surface area (Å²) in [6.45, 7) is 7.03. The maximum Gasteiger partial charge on any atom is 0.00270 e. The lowest BCUT2D eigenvalue weighted by Crippen LogP contribution is -2.28. The van der Waals surface area contributed by atoms with E-state index in [1.165, 1.54) is 62.9 Å². The molecule has 0 saturated heterocycles. The van der Waals surface area contributed by atoms with Gasteiger partial charge in [-0.05, 0) is 24.5 Å². The lowest BCUT2D eigenvalue weighted by molar-refractivity contribution is 0.326. The molecule has 0 aromatic carbocycles.